The van der Waals surface area contributed by atoms with E-state index in [2.05, 4.69) is 36.6 Å². The van der Waals surface area contributed by atoms with Gasteiger partial charge in [0, 0.05) is 18.8 Å². The van der Waals surface area contributed by atoms with E-state index in [1.54, 1.807) is 7.05 Å². The van der Waals surface area contributed by atoms with E-state index in [1.807, 2.05) is 12.1 Å². The van der Waals surface area contributed by atoms with Gasteiger partial charge in [-0.05, 0) is 48.8 Å². The van der Waals surface area contributed by atoms with Crippen molar-refractivity contribution in [2.45, 2.75) is 45.6 Å². The van der Waals surface area contributed by atoms with Gasteiger partial charge in [-0.2, -0.15) is 0 Å². The molecule has 0 aliphatic heterocycles. The largest absolute Gasteiger partial charge is 0.382 e. The van der Waals surface area contributed by atoms with E-state index in [0.29, 0.717) is 12.5 Å². The molecule has 1 aliphatic rings. The van der Waals surface area contributed by atoms with Gasteiger partial charge in [-0.1, -0.05) is 26.0 Å². The minimum absolute atomic E-state index is 0.0561. The topological polar surface area (TPSA) is 41.1 Å². The summed E-state index contributed by atoms with van der Waals surface area (Å²) in [5.74, 6) is 1.64. The van der Waals surface area contributed by atoms with Crippen LogP contribution < -0.4 is 10.6 Å². The van der Waals surface area contributed by atoms with Crippen LogP contribution in [-0.2, 0) is 11.2 Å². The van der Waals surface area contributed by atoms with Crippen molar-refractivity contribution in [1.82, 2.24) is 5.32 Å². The molecule has 3 nitrogen and oxygen atoms in total. The van der Waals surface area contributed by atoms with E-state index in [-0.39, 0.29) is 5.91 Å². The average Bonchev–Trinajstić information content (AvgIpc) is 2.44. The van der Waals surface area contributed by atoms with Crippen LogP contribution in [0.3, 0.4) is 0 Å². The van der Waals surface area contributed by atoms with Gasteiger partial charge >= 0.3 is 0 Å². The summed E-state index contributed by atoms with van der Waals surface area (Å²) in [6.07, 6.45) is 4.33. The van der Waals surface area contributed by atoms with E-state index >= 15 is 0 Å². The highest BCUT2D eigenvalue weighted by Crippen LogP contribution is 2.30. The van der Waals surface area contributed by atoms with Gasteiger partial charge in [0.2, 0.25) is 5.91 Å². The zero-order chi connectivity index (χ0) is 14.5. The van der Waals surface area contributed by atoms with Crippen LogP contribution in [0, 0.1) is 11.8 Å². The second kappa shape index (κ2) is 6.78. The molecule has 1 saturated carbocycles. The van der Waals surface area contributed by atoms with Crippen molar-refractivity contribution < 1.29 is 4.79 Å². The van der Waals surface area contributed by atoms with Crippen molar-refractivity contribution in [3.63, 3.8) is 0 Å². The van der Waals surface area contributed by atoms with Crippen molar-refractivity contribution in [3.05, 3.63) is 29.8 Å². The lowest BCUT2D eigenvalue weighted by Crippen LogP contribution is -2.32. The number of likely N-dealkylation sites (N-methyl/N-ethyl adjacent to an activating group) is 1. The van der Waals surface area contributed by atoms with E-state index < -0.39 is 0 Å². The Morgan fingerprint density at radius 3 is 2.50 bits per heavy atom. The Labute approximate surface area is 122 Å². The molecular weight excluding hydrogens is 248 g/mol. The van der Waals surface area contributed by atoms with Crippen LogP contribution in [0.15, 0.2) is 24.3 Å². The molecule has 1 aromatic rings. The zero-order valence-electron chi connectivity index (χ0n) is 12.8. The third kappa shape index (κ3) is 3.99. The van der Waals surface area contributed by atoms with Gasteiger partial charge < -0.3 is 10.6 Å². The lowest BCUT2D eigenvalue weighted by atomic mass is 9.80. The first-order valence-electron chi connectivity index (χ1n) is 7.64. The predicted octanol–water partition coefficient (Wildman–Crippen LogP) is 3.21. The van der Waals surface area contributed by atoms with Gasteiger partial charge in [-0.15, -0.1) is 0 Å². The number of hydrogen-bond donors (Lipinski definition) is 2. The molecular formula is C17H26N2O. The van der Waals surface area contributed by atoms with Gasteiger partial charge in [0.1, 0.15) is 0 Å². The number of hydrogen-bond acceptors (Lipinski definition) is 2. The van der Waals surface area contributed by atoms with E-state index in [4.69, 9.17) is 0 Å². The third-order valence-corrected chi connectivity index (χ3v) is 4.38. The SMILES string of the molecule is CNC(=O)Cc1ccc(NC2CCC(C)CC2C)cc1. The maximum absolute atomic E-state index is 11.3. The molecule has 0 aromatic heterocycles. The van der Waals surface area contributed by atoms with Crippen LogP contribution >= 0.6 is 0 Å². The van der Waals surface area contributed by atoms with Crippen LogP contribution in [0.5, 0.6) is 0 Å². The number of rotatable bonds is 4. The second-order valence-electron chi connectivity index (χ2n) is 6.19. The Bertz CT molecular complexity index is 441. The first-order chi connectivity index (χ1) is 9.58. The van der Waals surface area contributed by atoms with E-state index in [0.717, 1.165) is 23.1 Å². The summed E-state index contributed by atoms with van der Waals surface area (Å²) < 4.78 is 0. The molecule has 0 heterocycles. The minimum atomic E-state index is 0.0561. The summed E-state index contributed by atoms with van der Waals surface area (Å²) in [7, 11) is 1.67. The van der Waals surface area contributed by atoms with Gasteiger partial charge in [0.25, 0.3) is 0 Å². The molecule has 0 saturated heterocycles. The second-order valence-corrected chi connectivity index (χ2v) is 6.19. The van der Waals surface area contributed by atoms with Crippen LogP contribution in [0.2, 0.25) is 0 Å². The lowest BCUT2D eigenvalue weighted by molar-refractivity contribution is -0.119. The fourth-order valence-corrected chi connectivity index (χ4v) is 3.09. The summed E-state index contributed by atoms with van der Waals surface area (Å²) in [5, 5.41) is 6.29. The standard InChI is InChI=1S/C17H26N2O/c1-12-4-9-16(13(2)10-12)19-15-7-5-14(6-8-15)11-17(20)18-3/h5-8,12-13,16,19H,4,9-11H2,1-3H3,(H,18,20). The van der Waals surface area contributed by atoms with Gasteiger partial charge in [-0.3, -0.25) is 4.79 Å². The molecule has 3 heteroatoms. The van der Waals surface area contributed by atoms with Crippen molar-refractivity contribution in [2.24, 2.45) is 11.8 Å². The number of nitrogens with one attached hydrogen (secondary N) is 2. The van der Waals surface area contributed by atoms with Crippen molar-refractivity contribution in [2.75, 3.05) is 12.4 Å². The highest BCUT2D eigenvalue weighted by molar-refractivity contribution is 5.78. The number of carbonyl (C=O) groups is 1. The molecule has 1 fully saturated rings. The Kier molecular flexibility index (Phi) is 5.05. The Morgan fingerprint density at radius 1 is 1.20 bits per heavy atom. The molecule has 3 unspecified atom stereocenters. The Hall–Kier alpha value is -1.51. The van der Waals surface area contributed by atoms with Crippen LogP contribution in [0.1, 0.15) is 38.7 Å². The lowest BCUT2D eigenvalue weighted by Gasteiger charge is -2.33. The van der Waals surface area contributed by atoms with Gasteiger partial charge in [0.05, 0.1) is 6.42 Å². The maximum Gasteiger partial charge on any atom is 0.224 e. The molecule has 2 N–H and O–H groups in total. The number of amides is 1. The molecule has 110 valence electrons. The van der Waals surface area contributed by atoms with Crippen molar-refractivity contribution in [3.8, 4) is 0 Å². The molecule has 0 bridgehead atoms. The van der Waals surface area contributed by atoms with Gasteiger partial charge in [0.15, 0.2) is 0 Å². The zero-order valence-corrected chi connectivity index (χ0v) is 12.8. The summed E-state index contributed by atoms with van der Waals surface area (Å²) in [4.78, 5) is 11.3. The van der Waals surface area contributed by atoms with Crippen LogP contribution in [0.25, 0.3) is 0 Å². The smallest absolute Gasteiger partial charge is 0.224 e. The molecule has 2 rings (SSSR count). The monoisotopic (exact) mass is 274 g/mol. The molecule has 1 aromatic carbocycles. The quantitative estimate of drug-likeness (QED) is 0.885. The number of benzene rings is 1. The average molecular weight is 274 g/mol. The third-order valence-electron chi connectivity index (χ3n) is 4.38. The van der Waals surface area contributed by atoms with Crippen molar-refractivity contribution in [1.29, 1.82) is 0 Å². The first-order valence-corrected chi connectivity index (χ1v) is 7.64. The molecule has 1 amide bonds. The molecule has 20 heavy (non-hydrogen) atoms. The minimum Gasteiger partial charge on any atom is -0.382 e. The normalized spacial score (nSPS) is 26.1. The van der Waals surface area contributed by atoms with Crippen LogP contribution in [-0.4, -0.2) is 19.0 Å². The Morgan fingerprint density at radius 2 is 1.90 bits per heavy atom. The number of anilines is 1. The van der Waals surface area contributed by atoms with Gasteiger partial charge in [-0.25, -0.2) is 0 Å². The summed E-state index contributed by atoms with van der Waals surface area (Å²) in [6, 6.07) is 8.82. The van der Waals surface area contributed by atoms with E-state index in [9.17, 15) is 4.79 Å². The van der Waals surface area contributed by atoms with Crippen molar-refractivity contribution >= 4 is 11.6 Å². The fourth-order valence-electron chi connectivity index (χ4n) is 3.09. The maximum atomic E-state index is 11.3. The molecule has 0 spiro atoms. The van der Waals surface area contributed by atoms with E-state index in [1.165, 1.54) is 19.3 Å². The Balaban J connectivity index is 1.92. The highest BCUT2D eigenvalue weighted by Gasteiger charge is 2.24. The predicted molar refractivity (Wildman–Crippen MR) is 83.8 cm³/mol. The molecule has 3 atom stereocenters. The fraction of sp³-hybridized carbons (Fsp3) is 0.588. The summed E-state index contributed by atoms with van der Waals surface area (Å²) in [6.45, 7) is 4.69. The summed E-state index contributed by atoms with van der Waals surface area (Å²) in [5.41, 5.74) is 2.22. The highest BCUT2D eigenvalue weighted by atomic mass is 16.1. The van der Waals surface area contributed by atoms with Crippen LogP contribution in [0.4, 0.5) is 5.69 Å². The molecule has 0 radical (unpaired) electrons. The molecule has 1 aliphatic carbocycles. The first kappa shape index (κ1) is 14.9. The summed E-state index contributed by atoms with van der Waals surface area (Å²) >= 11 is 0. The number of carbonyl (C=O) groups excluding carboxylic acids is 1.